The van der Waals surface area contributed by atoms with Crippen LogP contribution in [0.3, 0.4) is 0 Å². The van der Waals surface area contributed by atoms with Crippen LogP contribution in [0.1, 0.15) is 51.4 Å². The molecule has 0 atom stereocenters. The number of primary amides is 1. The van der Waals surface area contributed by atoms with Crippen LogP contribution < -0.4 is 16.4 Å². The molecule has 0 bridgehead atoms. The number of likely N-dealkylation sites (tertiary alicyclic amines) is 1. The fourth-order valence-corrected chi connectivity index (χ4v) is 3.41. The lowest BCUT2D eigenvalue weighted by Crippen LogP contribution is -2.41. The predicted molar refractivity (Wildman–Crippen MR) is 86.4 cm³/mol. The molecule has 3 amide bonds. The summed E-state index contributed by atoms with van der Waals surface area (Å²) in [5, 5.41) is 5.97. The molecule has 0 unspecified atom stereocenters. The molecule has 1 heterocycles. The van der Waals surface area contributed by atoms with E-state index >= 15 is 0 Å². The molecule has 0 aromatic carbocycles. The standard InChI is InChI=1S/C16H30N4O2/c17-15(21)13-7-11-20(12-8-13)10-4-3-9-18-16(22)19-14-5-1-2-6-14/h13-14H,1-12H2,(H2,17,21)(H2,18,19,22). The number of hydrogen-bond acceptors (Lipinski definition) is 3. The normalized spacial score (nSPS) is 20.9. The lowest BCUT2D eigenvalue weighted by atomic mass is 9.96. The van der Waals surface area contributed by atoms with Crippen LogP contribution in [0.15, 0.2) is 0 Å². The summed E-state index contributed by atoms with van der Waals surface area (Å²) in [6.07, 6.45) is 8.55. The highest BCUT2D eigenvalue weighted by Crippen LogP contribution is 2.17. The number of nitrogens with zero attached hydrogens (tertiary/aromatic N) is 1. The van der Waals surface area contributed by atoms with Crippen molar-refractivity contribution in [3.63, 3.8) is 0 Å². The Hall–Kier alpha value is -1.30. The van der Waals surface area contributed by atoms with Gasteiger partial charge in [0.25, 0.3) is 0 Å². The van der Waals surface area contributed by atoms with Crippen molar-refractivity contribution < 1.29 is 9.59 Å². The van der Waals surface area contributed by atoms with Gasteiger partial charge in [-0.1, -0.05) is 12.8 Å². The molecular formula is C16H30N4O2. The van der Waals surface area contributed by atoms with Crippen LogP contribution in [0.25, 0.3) is 0 Å². The number of rotatable bonds is 7. The number of hydrogen-bond donors (Lipinski definition) is 3. The zero-order chi connectivity index (χ0) is 15.8. The van der Waals surface area contributed by atoms with E-state index in [0.717, 1.165) is 64.7 Å². The Morgan fingerprint density at radius 3 is 2.36 bits per heavy atom. The Morgan fingerprint density at radius 1 is 1.05 bits per heavy atom. The molecule has 2 fully saturated rings. The van der Waals surface area contributed by atoms with E-state index in [9.17, 15) is 9.59 Å². The van der Waals surface area contributed by atoms with Crippen LogP contribution in [0, 0.1) is 5.92 Å². The van der Waals surface area contributed by atoms with Gasteiger partial charge < -0.3 is 21.3 Å². The van der Waals surface area contributed by atoms with Crippen molar-refractivity contribution in [2.45, 2.75) is 57.4 Å². The van der Waals surface area contributed by atoms with Crippen LogP contribution in [0.2, 0.25) is 0 Å². The SMILES string of the molecule is NC(=O)C1CCN(CCCCNC(=O)NC2CCCC2)CC1. The first-order chi connectivity index (χ1) is 10.6. The summed E-state index contributed by atoms with van der Waals surface area (Å²) in [6.45, 7) is 3.69. The van der Waals surface area contributed by atoms with Crippen LogP contribution in [-0.4, -0.2) is 49.1 Å². The molecule has 0 radical (unpaired) electrons. The third-order valence-electron chi connectivity index (χ3n) is 4.87. The molecular weight excluding hydrogens is 280 g/mol. The highest BCUT2D eigenvalue weighted by atomic mass is 16.2. The predicted octanol–water partition coefficient (Wildman–Crippen LogP) is 1.21. The maximum Gasteiger partial charge on any atom is 0.315 e. The fraction of sp³-hybridized carbons (Fsp3) is 0.875. The molecule has 1 saturated heterocycles. The molecule has 2 rings (SSSR count). The third-order valence-corrected chi connectivity index (χ3v) is 4.87. The van der Waals surface area contributed by atoms with Crippen molar-refractivity contribution in [1.29, 1.82) is 0 Å². The smallest absolute Gasteiger partial charge is 0.315 e. The van der Waals surface area contributed by atoms with Crippen LogP contribution in [0.5, 0.6) is 0 Å². The second kappa shape index (κ2) is 8.98. The number of amides is 3. The lowest BCUT2D eigenvalue weighted by Gasteiger charge is -2.30. The van der Waals surface area contributed by atoms with Crippen LogP contribution in [-0.2, 0) is 4.79 Å². The van der Waals surface area contributed by atoms with Crippen molar-refractivity contribution >= 4 is 11.9 Å². The molecule has 22 heavy (non-hydrogen) atoms. The van der Waals surface area contributed by atoms with E-state index < -0.39 is 0 Å². The molecule has 0 spiro atoms. The van der Waals surface area contributed by atoms with Crippen LogP contribution in [0.4, 0.5) is 4.79 Å². The maximum absolute atomic E-state index is 11.7. The summed E-state index contributed by atoms with van der Waals surface area (Å²) >= 11 is 0. The van der Waals surface area contributed by atoms with Gasteiger partial charge in [0.15, 0.2) is 0 Å². The van der Waals surface area contributed by atoms with Gasteiger partial charge in [-0.3, -0.25) is 4.79 Å². The second-order valence-electron chi connectivity index (χ2n) is 6.61. The summed E-state index contributed by atoms with van der Waals surface area (Å²) in [5.74, 6) is -0.0886. The molecule has 6 nitrogen and oxygen atoms in total. The highest BCUT2D eigenvalue weighted by Gasteiger charge is 2.22. The summed E-state index contributed by atoms with van der Waals surface area (Å²) in [7, 11) is 0. The van der Waals surface area contributed by atoms with E-state index in [1.807, 2.05) is 0 Å². The highest BCUT2D eigenvalue weighted by molar-refractivity contribution is 5.76. The monoisotopic (exact) mass is 310 g/mol. The van der Waals surface area contributed by atoms with Gasteiger partial charge in [0.2, 0.25) is 5.91 Å². The number of nitrogens with one attached hydrogen (secondary N) is 2. The van der Waals surface area contributed by atoms with Gasteiger partial charge in [-0.2, -0.15) is 0 Å². The van der Waals surface area contributed by atoms with Gasteiger partial charge >= 0.3 is 6.03 Å². The number of nitrogens with two attached hydrogens (primary N) is 1. The number of piperidine rings is 1. The number of carbonyl (C=O) groups is 2. The first kappa shape index (κ1) is 17.1. The van der Waals surface area contributed by atoms with E-state index in [0.29, 0.717) is 6.04 Å². The van der Waals surface area contributed by atoms with E-state index in [-0.39, 0.29) is 17.9 Å². The lowest BCUT2D eigenvalue weighted by molar-refractivity contribution is -0.123. The Bertz CT molecular complexity index is 361. The van der Waals surface area contributed by atoms with Crippen LogP contribution >= 0.6 is 0 Å². The Labute approximate surface area is 133 Å². The van der Waals surface area contributed by atoms with Gasteiger partial charge in [-0.25, -0.2) is 4.79 Å². The van der Waals surface area contributed by atoms with Crippen molar-refractivity contribution in [2.75, 3.05) is 26.2 Å². The Kier molecular flexibility index (Phi) is 6.96. The first-order valence-corrected chi connectivity index (χ1v) is 8.71. The number of urea groups is 1. The largest absolute Gasteiger partial charge is 0.369 e. The van der Waals surface area contributed by atoms with Gasteiger partial charge in [-0.15, -0.1) is 0 Å². The average Bonchev–Trinajstić information content (AvgIpc) is 3.00. The average molecular weight is 310 g/mol. The third kappa shape index (κ3) is 5.83. The second-order valence-corrected chi connectivity index (χ2v) is 6.61. The van der Waals surface area contributed by atoms with E-state index in [1.165, 1.54) is 12.8 Å². The van der Waals surface area contributed by atoms with Crippen molar-refractivity contribution in [3.8, 4) is 0 Å². The Balaban J connectivity index is 1.46. The summed E-state index contributed by atoms with van der Waals surface area (Å²) in [5.41, 5.74) is 5.34. The molecule has 1 saturated carbocycles. The molecule has 2 aliphatic rings. The molecule has 0 aromatic rings. The van der Waals surface area contributed by atoms with Gasteiger partial charge in [-0.05, 0) is 58.2 Å². The molecule has 4 N–H and O–H groups in total. The summed E-state index contributed by atoms with van der Waals surface area (Å²) in [4.78, 5) is 25.2. The zero-order valence-corrected chi connectivity index (χ0v) is 13.5. The van der Waals surface area contributed by atoms with E-state index in [4.69, 9.17) is 5.73 Å². The number of carbonyl (C=O) groups excluding carboxylic acids is 2. The van der Waals surface area contributed by atoms with Crippen molar-refractivity contribution in [2.24, 2.45) is 11.7 Å². The first-order valence-electron chi connectivity index (χ1n) is 8.71. The topological polar surface area (TPSA) is 87.5 Å². The molecule has 0 aromatic heterocycles. The minimum Gasteiger partial charge on any atom is -0.369 e. The molecule has 1 aliphatic heterocycles. The minimum atomic E-state index is -0.155. The van der Waals surface area contributed by atoms with Crippen molar-refractivity contribution in [3.05, 3.63) is 0 Å². The molecule has 1 aliphatic carbocycles. The van der Waals surface area contributed by atoms with Gasteiger partial charge in [0.1, 0.15) is 0 Å². The fourth-order valence-electron chi connectivity index (χ4n) is 3.41. The van der Waals surface area contributed by atoms with Gasteiger partial charge in [0.05, 0.1) is 0 Å². The Morgan fingerprint density at radius 2 is 1.73 bits per heavy atom. The molecule has 126 valence electrons. The van der Waals surface area contributed by atoms with E-state index in [2.05, 4.69) is 15.5 Å². The van der Waals surface area contributed by atoms with Crippen molar-refractivity contribution in [1.82, 2.24) is 15.5 Å². The summed E-state index contributed by atoms with van der Waals surface area (Å²) in [6, 6.07) is 0.362. The summed E-state index contributed by atoms with van der Waals surface area (Å²) < 4.78 is 0. The molecule has 6 heteroatoms. The van der Waals surface area contributed by atoms with Gasteiger partial charge in [0, 0.05) is 18.5 Å². The maximum atomic E-state index is 11.7. The quantitative estimate of drug-likeness (QED) is 0.618. The van der Waals surface area contributed by atoms with E-state index in [1.54, 1.807) is 0 Å². The number of unbranched alkanes of at least 4 members (excludes halogenated alkanes) is 1. The minimum absolute atomic E-state index is 0.0193. The zero-order valence-electron chi connectivity index (χ0n) is 13.5.